The van der Waals surface area contributed by atoms with E-state index >= 15 is 0 Å². The van der Waals surface area contributed by atoms with Crippen LogP contribution in [0.4, 0.5) is 5.69 Å². The number of para-hydroxylation sites is 1. The van der Waals surface area contributed by atoms with E-state index in [1.54, 1.807) is 19.1 Å². The molecule has 6 nitrogen and oxygen atoms in total. The van der Waals surface area contributed by atoms with Crippen LogP contribution in [0.1, 0.15) is 59.4 Å². The second-order valence-electron chi connectivity index (χ2n) is 7.62. The Morgan fingerprint density at radius 3 is 2.83 bits per heavy atom. The van der Waals surface area contributed by atoms with Gasteiger partial charge in [-0.2, -0.15) is 4.98 Å². The number of amides is 1. The summed E-state index contributed by atoms with van der Waals surface area (Å²) in [6.07, 6.45) is 1.94. The Kier molecular flexibility index (Phi) is 5.34. The average Bonchev–Trinajstić information content (AvgIpc) is 3.16. The number of rotatable bonds is 5. The number of ether oxygens (including phenoxy) is 1. The summed E-state index contributed by atoms with van der Waals surface area (Å²) in [5.41, 5.74) is 4.07. The van der Waals surface area contributed by atoms with Gasteiger partial charge in [0.05, 0.1) is 5.56 Å². The zero-order valence-corrected chi connectivity index (χ0v) is 17.0. The van der Waals surface area contributed by atoms with Crippen LogP contribution in [0, 0.1) is 6.92 Å². The first-order valence-electron chi connectivity index (χ1n) is 9.98. The second kappa shape index (κ2) is 8.07. The number of hydrogen-bond donors (Lipinski definition) is 0. The number of hydrogen-bond acceptors (Lipinski definition) is 5. The van der Waals surface area contributed by atoms with Crippen LogP contribution in [-0.2, 0) is 13.0 Å². The molecule has 0 fully saturated rings. The SMILES string of the molecule is Cc1nc(COc2ccccc2C(=O)N2CCCc3cc(C(C)C)ccc32)no1. The van der Waals surface area contributed by atoms with Crippen LogP contribution < -0.4 is 9.64 Å². The number of fused-ring (bicyclic) bond motifs is 1. The highest BCUT2D eigenvalue weighted by Crippen LogP contribution is 2.32. The van der Waals surface area contributed by atoms with Crippen LogP contribution in [0.15, 0.2) is 47.0 Å². The monoisotopic (exact) mass is 391 g/mol. The van der Waals surface area contributed by atoms with E-state index in [-0.39, 0.29) is 12.5 Å². The van der Waals surface area contributed by atoms with Crippen molar-refractivity contribution in [3.8, 4) is 5.75 Å². The van der Waals surface area contributed by atoms with Gasteiger partial charge < -0.3 is 14.2 Å². The van der Waals surface area contributed by atoms with Crippen molar-refractivity contribution in [2.24, 2.45) is 0 Å². The van der Waals surface area contributed by atoms with Crippen molar-refractivity contribution < 1.29 is 14.1 Å². The van der Waals surface area contributed by atoms with E-state index in [1.165, 1.54) is 11.1 Å². The van der Waals surface area contributed by atoms with Crippen molar-refractivity contribution >= 4 is 11.6 Å². The van der Waals surface area contributed by atoms with Gasteiger partial charge in [0, 0.05) is 19.2 Å². The van der Waals surface area contributed by atoms with Crippen LogP contribution in [0.25, 0.3) is 0 Å². The smallest absolute Gasteiger partial charge is 0.262 e. The Hall–Kier alpha value is -3.15. The molecular weight excluding hydrogens is 366 g/mol. The molecule has 3 aromatic rings. The number of carbonyl (C=O) groups excluding carboxylic acids is 1. The Morgan fingerprint density at radius 2 is 2.07 bits per heavy atom. The summed E-state index contributed by atoms with van der Waals surface area (Å²) < 4.78 is 10.8. The lowest BCUT2D eigenvalue weighted by Gasteiger charge is -2.30. The third-order valence-corrected chi connectivity index (χ3v) is 5.18. The van der Waals surface area contributed by atoms with Crippen LogP contribution in [0.3, 0.4) is 0 Å². The molecule has 0 unspecified atom stereocenters. The van der Waals surface area contributed by atoms with Crippen LogP contribution in [-0.4, -0.2) is 22.6 Å². The van der Waals surface area contributed by atoms with E-state index < -0.39 is 0 Å². The molecule has 0 aliphatic carbocycles. The highest BCUT2D eigenvalue weighted by Gasteiger charge is 2.26. The van der Waals surface area contributed by atoms with Crippen molar-refractivity contribution in [1.82, 2.24) is 10.1 Å². The molecule has 2 aromatic carbocycles. The molecule has 29 heavy (non-hydrogen) atoms. The third kappa shape index (κ3) is 4.01. The summed E-state index contributed by atoms with van der Waals surface area (Å²) >= 11 is 0. The minimum absolute atomic E-state index is 0.0526. The van der Waals surface area contributed by atoms with E-state index in [0.29, 0.717) is 35.5 Å². The lowest BCUT2D eigenvalue weighted by atomic mass is 9.94. The molecule has 0 radical (unpaired) electrons. The number of nitrogens with zero attached hydrogens (tertiary/aromatic N) is 3. The largest absolute Gasteiger partial charge is 0.485 e. The van der Waals surface area contributed by atoms with Crippen molar-refractivity contribution in [1.29, 1.82) is 0 Å². The highest BCUT2D eigenvalue weighted by molar-refractivity contribution is 6.08. The summed E-state index contributed by atoms with van der Waals surface area (Å²) in [5.74, 6) is 1.87. The zero-order valence-electron chi connectivity index (χ0n) is 17.0. The van der Waals surface area contributed by atoms with Crippen molar-refractivity contribution in [2.75, 3.05) is 11.4 Å². The number of carbonyl (C=O) groups is 1. The minimum Gasteiger partial charge on any atom is -0.485 e. The number of anilines is 1. The first kappa shape index (κ1) is 19.2. The van der Waals surface area contributed by atoms with Crippen LogP contribution in [0.5, 0.6) is 5.75 Å². The Balaban J connectivity index is 1.59. The molecule has 1 amide bonds. The van der Waals surface area contributed by atoms with Crippen LogP contribution >= 0.6 is 0 Å². The van der Waals surface area contributed by atoms with Gasteiger partial charge in [-0.3, -0.25) is 4.79 Å². The summed E-state index contributed by atoms with van der Waals surface area (Å²) in [5, 5.41) is 3.84. The molecule has 150 valence electrons. The molecule has 6 heteroatoms. The van der Waals surface area contributed by atoms with E-state index in [1.807, 2.05) is 17.0 Å². The molecule has 1 aliphatic rings. The average molecular weight is 391 g/mol. The summed E-state index contributed by atoms with van der Waals surface area (Å²) in [4.78, 5) is 19.4. The van der Waals surface area contributed by atoms with Gasteiger partial charge in [-0.15, -0.1) is 0 Å². The highest BCUT2D eigenvalue weighted by atomic mass is 16.5. The predicted molar refractivity (Wildman–Crippen MR) is 110 cm³/mol. The molecule has 0 atom stereocenters. The van der Waals surface area contributed by atoms with Gasteiger partial charge in [0.25, 0.3) is 5.91 Å². The maximum Gasteiger partial charge on any atom is 0.262 e. The molecule has 4 rings (SSSR count). The van der Waals surface area contributed by atoms with E-state index in [4.69, 9.17) is 9.26 Å². The fourth-order valence-corrected chi connectivity index (χ4v) is 3.64. The number of aromatic nitrogens is 2. The van der Waals surface area contributed by atoms with Gasteiger partial charge in [-0.25, -0.2) is 0 Å². The van der Waals surface area contributed by atoms with E-state index in [9.17, 15) is 4.79 Å². The zero-order chi connectivity index (χ0) is 20.4. The number of aryl methyl sites for hydroxylation is 2. The maximum absolute atomic E-state index is 13.4. The minimum atomic E-state index is -0.0526. The van der Waals surface area contributed by atoms with Crippen LogP contribution in [0.2, 0.25) is 0 Å². The normalized spacial score (nSPS) is 13.4. The third-order valence-electron chi connectivity index (χ3n) is 5.18. The molecule has 0 bridgehead atoms. The van der Waals surface area contributed by atoms with Gasteiger partial charge in [0.1, 0.15) is 5.75 Å². The fraction of sp³-hybridized carbons (Fsp3) is 0.348. The Labute approximate surface area is 170 Å². The van der Waals surface area contributed by atoms with E-state index in [0.717, 1.165) is 18.5 Å². The van der Waals surface area contributed by atoms with Crippen molar-refractivity contribution in [3.05, 3.63) is 70.9 Å². The van der Waals surface area contributed by atoms with E-state index in [2.05, 4.69) is 42.2 Å². The standard InChI is InChI=1S/C23H25N3O3/c1-15(2)17-10-11-20-18(13-17)7-6-12-26(20)23(27)19-8-4-5-9-21(19)28-14-22-24-16(3)29-25-22/h4-5,8-11,13,15H,6-7,12,14H2,1-3H3. The maximum atomic E-state index is 13.4. The Bertz CT molecular complexity index is 1030. The summed E-state index contributed by atoms with van der Waals surface area (Å²) in [6.45, 7) is 6.95. The molecule has 1 aliphatic heterocycles. The van der Waals surface area contributed by atoms with Gasteiger partial charge in [-0.05, 0) is 48.1 Å². The molecule has 0 saturated heterocycles. The lowest BCUT2D eigenvalue weighted by Crippen LogP contribution is -2.35. The molecule has 0 N–H and O–H groups in total. The first-order valence-corrected chi connectivity index (χ1v) is 9.98. The van der Waals surface area contributed by atoms with Crippen molar-refractivity contribution in [3.63, 3.8) is 0 Å². The Morgan fingerprint density at radius 1 is 1.24 bits per heavy atom. The summed E-state index contributed by atoms with van der Waals surface area (Å²) in [6, 6.07) is 13.7. The number of benzene rings is 2. The molecule has 0 saturated carbocycles. The van der Waals surface area contributed by atoms with Gasteiger partial charge >= 0.3 is 0 Å². The molecular formula is C23H25N3O3. The topological polar surface area (TPSA) is 68.5 Å². The van der Waals surface area contributed by atoms with Gasteiger partial charge in [-0.1, -0.05) is 43.3 Å². The molecule has 1 aromatic heterocycles. The van der Waals surface area contributed by atoms with Crippen molar-refractivity contribution in [2.45, 2.75) is 46.1 Å². The van der Waals surface area contributed by atoms with Gasteiger partial charge in [0.2, 0.25) is 11.7 Å². The second-order valence-corrected chi connectivity index (χ2v) is 7.62. The summed E-state index contributed by atoms with van der Waals surface area (Å²) in [7, 11) is 0. The quantitative estimate of drug-likeness (QED) is 0.632. The molecule has 2 heterocycles. The predicted octanol–water partition coefficient (Wildman–Crippen LogP) is 4.67. The first-order chi connectivity index (χ1) is 14.0. The molecule has 0 spiro atoms. The van der Waals surface area contributed by atoms with Gasteiger partial charge in [0.15, 0.2) is 6.61 Å². The fourth-order valence-electron chi connectivity index (χ4n) is 3.64. The lowest BCUT2D eigenvalue weighted by molar-refractivity contribution is 0.0980.